The van der Waals surface area contributed by atoms with Gasteiger partial charge in [0.15, 0.2) is 11.6 Å². The Morgan fingerprint density at radius 1 is 1.10 bits per heavy atom. The van der Waals surface area contributed by atoms with E-state index in [0.29, 0.717) is 0 Å². The van der Waals surface area contributed by atoms with Crippen molar-refractivity contribution in [3.8, 4) is 11.3 Å². The summed E-state index contributed by atoms with van der Waals surface area (Å²) < 4.78 is 39.9. The van der Waals surface area contributed by atoms with E-state index in [4.69, 9.17) is 4.52 Å². The van der Waals surface area contributed by atoms with Crippen LogP contribution in [0, 0.1) is 11.6 Å². The van der Waals surface area contributed by atoms with Crippen LogP contribution < -0.4 is 0 Å². The number of halogens is 2. The molecule has 2 aromatic rings. The Morgan fingerprint density at radius 3 is 2.33 bits per heavy atom. The van der Waals surface area contributed by atoms with Crippen LogP contribution in [0.5, 0.6) is 0 Å². The van der Waals surface area contributed by atoms with Gasteiger partial charge in [-0.25, -0.2) is 18.4 Å². The Kier molecular flexibility index (Phi) is 3.97. The van der Waals surface area contributed by atoms with Crippen molar-refractivity contribution in [3.05, 3.63) is 41.2 Å². The second-order valence-electron chi connectivity index (χ2n) is 3.85. The predicted molar refractivity (Wildman–Crippen MR) is 64.5 cm³/mol. The van der Waals surface area contributed by atoms with Crippen molar-refractivity contribution < 1.29 is 32.4 Å². The first-order valence-electron chi connectivity index (χ1n) is 5.61. The minimum absolute atomic E-state index is 0.0493. The van der Waals surface area contributed by atoms with Crippen LogP contribution in [0.3, 0.4) is 0 Å². The van der Waals surface area contributed by atoms with Gasteiger partial charge in [0, 0.05) is 5.56 Å². The Morgan fingerprint density at radius 2 is 1.76 bits per heavy atom. The molecule has 110 valence electrons. The highest BCUT2D eigenvalue weighted by molar-refractivity contribution is 6.05. The van der Waals surface area contributed by atoms with Gasteiger partial charge in [-0.15, -0.1) is 0 Å². The van der Waals surface area contributed by atoms with Gasteiger partial charge in [-0.1, -0.05) is 5.16 Å². The Balaban J connectivity index is 2.63. The lowest BCUT2D eigenvalue weighted by molar-refractivity contribution is 0.0521. The topological polar surface area (TPSA) is 78.6 Å². The van der Waals surface area contributed by atoms with E-state index >= 15 is 0 Å². The molecule has 0 bridgehead atoms. The number of hydrogen-bond acceptors (Lipinski definition) is 6. The van der Waals surface area contributed by atoms with Crippen LogP contribution >= 0.6 is 0 Å². The minimum atomic E-state index is -1.13. The van der Waals surface area contributed by atoms with Gasteiger partial charge >= 0.3 is 11.9 Å². The summed E-state index contributed by atoms with van der Waals surface area (Å²) in [5.41, 5.74) is -0.426. The molecular formula is C13H9F2NO5. The smallest absolute Gasteiger partial charge is 0.377 e. The summed E-state index contributed by atoms with van der Waals surface area (Å²) in [5.74, 6) is -4.54. The van der Waals surface area contributed by atoms with Crippen molar-refractivity contribution in [1.82, 2.24) is 5.16 Å². The molecule has 2 rings (SSSR count). The summed E-state index contributed by atoms with van der Waals surface area (Å²) in [6.07, 6.45) is 0. The Labute approximate surface area is 117 Å². The molecule has 0 N–H and O–H groups in total. The zero-order valence-electron chi connectivity index (χ0n) is 11.0. The van der Waals surface area contributed by atoms with Gasteiger partial charge < -0.3 is 14.0 Å². The number of hydrogen-bond donors (Lipinski definition) is 0. The van der Waals surface area contributed by atoms with Crippen LogP contribution in [0.25, 0.3) is 11.3 Å². The number of carbonyl (C=O) groups is 2. The lowest BCUT2D eigenvalue weighted by Crippen LogP contribution is -2.10. The van der Waals surface area contributed by atoms with E-state index in [1.807, 2.05) is 0 Å². The maximum absolute atomic E-state index is 13.3. The molecule has 8 heteroatoms. The van der Waals surface area contributed by atoms with E-state index in [-0.39, 0.29) is 16.8 Å². The molecule has 0 spiro atoms. The van der Waals surface area contributed by atoms with Crippen molar-refractivity contribution in [1.29, 1.82) is 0 Å². The van der Waals surface area contributed by atoms with Crippen LogP contribution in [0.15, 0.2) is 22.7 Å². The lowest BCUT2D eigenvalue weighted by Gasteiger charge is -2.02. The highest BCUT2D eigenvalue weighted by Crippen LogP contribution is 2.27. The molecule has 0 fully saturated rings. The maximum atomic E-state index is 13.3. The van der Waals surface area contributed by atoms with E-state index in [1.54, 1.807) is 0 Å². The number of aromatic nitrogens is 1. The third-order valence-corrected chi connectivity index (χ3v) is 2.65. The standard InChI is InChI=1S/C13H9F2NO5/c1-19-12(17)9-10(16-21-11(9)13(18)20-2)6-3-4-7(14)8(15)5-6/h3-5H,1-2H3. The van der Waals surface area contributed by atoms with Gasteiger partial charge in [0.25, 0.3) is 5.76 Å². The van der Waals surface area contributed by atoms with Crippen molar-refractivity contribution >= 4 is 11.9 Å². The van der Waals surface area contributed by atoms with Crippen LogP contribution in [0.1, 0.15) is 20.9 Å². The van der Waals surface area contributed by atoms with E-state index in [0.717, 1.165) is 26.4 Å². The average molecular weight is 297 g/mol. The Hall–Kier alpha value is -2.77. The van der Waals surface area contributed by atoms with Crippen LogP contribution in [0.4, 0.5) is 8.78 Å². The number of nitrogens with zero attached hydrogens (tertiary/aromatic N) is 1. The summed E-state index contributed by atoms with van der Waals surface area (Å²) in [6, 6.07) is 2.86. The maximum Gasteiger partial charge on any atom is 0.377 e. The molecule has 1 aromatic carbocycles. The Bertz CT molecular complexity index is 711. The first kappa shape index (κ1) is 14.6. The van der Waals surface area contributed by atoms with Crippen molar-refractivity contribution in [2.75, 3.05) is 14.2 Å². The molecule has 0 unspecified atom stereocenters. The molecule has 1 heterocycles. The van der Waals surface area contributed by atoms with Crippen LogP contribution in [-0.4, -0.2) is 31.3 Å². The molecule has 0 aliphatic carbocycles. The number of esters is 2. The van der Waals surface area contributed by atoms with Gasteiger partial charge in [-0.05, 0) is 18.2 Å². The second kappa shape index (κ2) is 5.70. The summed E-state index contributed by atoms with van der Waals surface area (Å²) >= 11 is 0. The molecule has 0 atom stereocenters. The number of ether oxygens (including phenoxy) is 2. The molecule has 0 saturated heterocycles. The molecule has 6 nitrogen and oxygen atoms in total. The molecule has 0 radical (unpaired) electrons. The molecule has 0 aliphatic rings. The van der Waals surface area contributed by atoms with Crippen molar-refractivity contribution in [2.24, 2.45) is 0 Å². The molecule has 1 aromatic heterocycles. The summed E-state index contributed by atoms with van der Waals surface area (Å²) in [6.45, 7) is 0. The normalized spacial score (nSPS) is 10.3. The first-order valence-corrected chi connectivity index (χ1v) is 5.61. The highest BCUT2D eigenvalue weighted by Gasteiger charge is 2.30. The van der Waals surface area contributed by atoms with Crippen molar-refractivity contribution in [2.45, 2.75) is 0 Å². The fourth-order valence-corrected chi connectivity index (χ4v) is 1.65. The highest BCUT2D eigenvalue weighted by atomic mass is 19.2. The largest absolute Gasteiger partial charge is 0.465 e. The predicted octanol–water partition coefficient (Wildman–Crippen LogP) is 2.19. The summed E-state index contributed by atoms with van der Waals surface area (Å²) in [5, 5.41) is 3.53. The zero-order valence-corrected chi connectivity index (χ0v) is 11.0. The van der Waals surface area contributed by atoms with E-state index < -0.39 is 29.3 Å². The first-order chi connectivity index (χ1) is 9.99. The third kappa shape index (κ3) is 2.60. The summed E-state index contributed by atoms with van der Waals surface area (Å²) in [7, 11) is 2.18. The van der Waals surface area contributed by atoms with Gasteiger partial charge in [0.05, 0.1) is 14.2 Å². The minimum Gasteiger partial charge on any atom is -0.465 e. The number of methoxy groups -OCH3 is 2. The average Bonchev–Trinajstić information content (AvgIpc) is 2.93. The van der Waals surface area contributed by atoms with E-state index in [9.17, 15) is 18.4 Å². The van der Waals surface area contributed by atoms with Gasteiger partial charge in [0.1, 0.15) is 11.3 Å². The van der Waals surface area contributed by atoms with Crippen molar-refractivity contribution in [3.63, 3.8) is 0 Å². The van der Waals surface area contributed by atoms with Gasteiger partial charge in [-0.2, -0.15) is 0 Å². The fourth-order valence-electron chi connectivity index (χ4n) is 1.65. The number of carbonyl (C=O) groups excluding carboxylic acids is 2. The lowest BCUT2D eigenvalue weighted by atomic mass is 10.1. The van der Waals surface area contributed by atoms with E-state index in [1.165, 1.54) is 6.07 Å². The monoisotopic (exact) mass is 297 g/mol. The fraction of sp³-hybridized carbons (Fsp3) is 0.154. The third-order valence-electron chi connectivity index (χ3n) is 2.65. The van der Waals surface area contributed by atoms with Crippen LogP contribution in [0.2, 0.25) is 0 Å². The number of benzene rings is 1. The van der Waals surface area contributed by atoms with E-state index in [2.05, 4.69) is 14.6 Å². The molecule has 0 aliphatic heterocycles. The molecule has 0 saturated carbocycles. The summed E-state index contributed by atoms with van der Waals surface area (Å²) in [4.78, 5) is 23.3. The molecule has 0 amide bonds. The zero-order chi connectivity index (χ0) is 15.6. The second-order valence-corrected chi connectivity index (χ2v) is 3.85. The van der Waals surface area contributed by atoms with Crippen LogP contribution in [-0.2, 0) is 9.47 Å². The van der Waals surface area contributed by atoms with Gasteiger partial charge in [0.2, 0.25) is 0 Å². The number of rotatable bonds is 3. The quantitative estimate of drug-likeness (QED) is 0.808. The van der Waals surface area contributed by atoms with Gasteiger partial charge in [-0.3, -0.25) is 0 Å². The molecule has 21 heavy (non-hydrogen) atoms. The SMILES string of the molecule is COC(=O)c1onc(-c2ccc(F)c(F)c2)c1C(=O)OC. The molecular weight excluding hydrogens is 288 g/mol.